The number of benzene rings is 1. The number of hydrogen-bond acceptors (Lipinski definition) is 3. The second kappa shape index (κ2) is 7.61. The van der Waals surface area contributed by atoms with E-state index >= 15 is 0 Å². The van der Waals surface area contributed by atoms with Gasteiger partial charge in [0, 0.05) is 11.1 Å². The van der Waals surface area contributed by atoms with Gasteiger partial charge in [0.1, 0.15) is 0 Å². The van der Waals surface area contributed by atoms with Crippen LogP contribution in [0.3, 0.4) is 0 Å². The molecule has 2 rings (SSSR count). The molecule has 2 atom stereocenters. The molecule has 2 unspecified atom stereocenters. The van der Waals surface area contributed by atoms with Gasteiger partial charge in [-0.15, -0.1) is 0 Å². The van der Waals surface area contributed by atoms with E-state index < -0.39 is 9.84 Å². The summed E-state index contributed by atoms with van der Waals surface area (Å²) in [4.78, 5) is 0.339. The molecule has 0 radical (unpaired) electrons. The van der Waals surface area contributed by atoms with Crippen LogP contribution in [0.5, 0.6) is 0 Å². The lowest BCUT2D eigenvalue weighted by Gasteiger charge is -2.20. The predicted molar refractivity (Wildman–Crippen MR) is 87.5 cm³/mol. The van der Waals surface area contributed by atoms with E-state index in [4.69, 9.17) is 11.6 Å². The lowest BCUT2D eigenvalue weighted by atomic mass is 10.0. The number of sulfone groups is 1. The highest BCUT2D eigenvalue weighted by molar-refractivity contribution is 7.91. The Morgan fingerprint density at radius 1 is 1.33 bits per heavy atom. The molecule has 1 N–H and O–H groups in total. The van der Waals surface area contributed by atoms with Gasteiger partial charge in [-0.1, -0.05) is 31.0 Å². The molecule has 3 nitrogen and oxygen atoms in total. The molecule has 1 fully saturated rings. The van der Waals surface area contributed by atoms with Crippen molar-refractivity contribution in [3.05, 3.63) is 29.3 Å². The van der Waals surface area contributed by atoms with Gasteiger partial charge >= 0.3 is 0 Å². The Morgan fingerprint density at radius 3 is 2.86 bits per heavy atom. The summed E-state index contributed by atoms with van der Waals surface area (Å²) in [5.74, 6) is 0.688. The van der Waals surface area contributed by atoms with Gasteiger partial charge in [-0.3, -0.25) is 0 Å². The molecule has 0 spiro atoms. The van der Waals surface area contributed by atoms with Crippen LogP contribution in [0.4, 0.5) is 0 Å². The molecule has 0 amide bonds. The van der Waals surface area contributed by atoms with E-state index in [1.54, 1.807) is 24.3 Å². The fourth-order valence-electron chi connectivity index (χ4n) is 3.07. The van der Waals surface area contributed by atoms with E-state index in [1.165, 1.54) is 12.8 Å². The maximum absolute atomic E-state index is 12.4. The number of hydrogen-bond donors (Lipinski definition) is 1. The van der Waals surface area contributed by atoms with Crippen LogP contribution < -0.4 is 5.32 Å². The molecule has 0 aromatic heterocycles. The molecule has 118 valence electrons. The normalized spacial score (nSPS) is 22.6. The third-order valence-electron chi connectivity index (χ3n) is 4.23. The Bertz CT molecular complexity index is 559. The first kappa shape index (κ1) is 16.8. The minimum Gasteiger partial charge on any atom is -0.314 e. The highest BCUT2D eigenvalue weighted by atomic mass is 35.5. The van der Waals surface area contributed by atoms with Gasteiger partial charge < -0.3 is 5.32 Å². The molecule has 5 heteroatoms. The topological polar surface area (TPSA) is 46.2 Å². The Morgan fingerprint density at radius 2 is 2.14 bits per heavy atom. The van der Waals surface area contributed by atoms with Gasteiger partial charge in [-0.2, -0.15) is 0 Å². The first-order valence-electron chi connectivity index (χ1n) is 7.74. The summed E-state index contributed by atoms with van der Waals surface area (Å²) < 4.78 is 24.8. The molecule has 0 bridgehead atoms. The van der Waals surface area contributed by atoms with Gasteiger partial charge in [-0.05, 0) is 56.3 Å². The average molecular weight is 330 g/mol. The summed E-state index contributed by atoms with van der Waals surface area (Å²) in [6, 6.07) is 7.04. The molecule has 1 aromatic carbocycles. The molecule has 0 aliphatic heterocycles. The van der Waals surface area contributed by atoms with E-state index in [0.29, 0.717) is 21.9 Å². The van der Waals surface area contributed by atoms with Crippen LogP contribution in [-0.2, 0) is 9.84 Å². The fourth-order valence-corrected chi connectivity index (χ4v) is 4.76. The Kier molecular flexibility index (Phi) is 6.08. The Labute approximate surface area is 133 Å². The average Bonchev–Trinajstić information content (AvgIpc) is 2.90. The molecule has 1 saturated carbocycles. The van der Waals surface area contributed by atoms with Crippen molar-refractivity contribution >= 4 is 21.4 Å². The minimum atomic E-state index is -3.23. The first-order valence-corrected chi connectivity index (χ1v) is 9.77. The Hall–Kier alpha value is -0.580. The van der Waals surface area contributed by atoms with Crippen molar-refractivity contribution in [2.45, 2.75) is 50.0 Å². The number of halogens is 1. The van der Waals surface area contributed by atoms with E-state index in [-0.39, 0.29) is 5.75 Å². The predicted octanol–water partition coefficient (Wildman–Crippen LogP) is 3.67. The highest BCUT2D eigenvalue weighted by Gasteiger charge is 2.28. The summed E-state index contributed by atoms with van der Waals surface area (Å²) in [6.07, 6.45) is 5.35. The summed E-state index contributed by atoms with van der Waals surface area (Å²) >= 11 is 5.88. The molecular formula is C16H24ClNO2S. The molecular weight excluding hydrogens is 306 g/mol. The molecule has 1 aliphatic rings. The van der Waals surface area contributed by atoms with Crippen LogP contribution in [0.25, 0.3) is 0 Å². The maximum atomic E-state index is 12.4. The van der Waals surface area contributed by atoms with Crippen molar-refractivity contribution in [2.24, 2.45) is 5.92 Å². The van der Waals surface area contributed by atoms with E-state index in [2.05, 4.69) is 12.2 Å². The standard InChI is InChI=1S/C16H24ClNO2S/c1-2-10-18-16-8-3-5-13(16)9-11-21(19,20)15-7-4-6-14(17)12-15/h4,6-7,12-13,16,18H,2-3,5,8-11H2,1H3. The molecule has 1 aromatic rings. The summed E-state index contributed by atoms with van der Waals surface area (Å²) in [5, 5.41) is 4.02. The zero-order valence-corrected chi connectivity index (χ0v) is 14.1. The van der Waals surface area contributed by atoms with Crippen LogP contribution in [0.2, 0.25) is 5.02 Å². The van der Waals surface area contributed by atoms with Crippen molar-refractivity contribution in [1.29, 1.82) is 0 Å². The van der Waals surface area contributed by atoms with E-state index in [1.807, 2.05) is 0 Å². The second-order valence-electron chi connectivity index (χ2n) is 5.82. The summed E-state index contributed by atoms with van der Waals surface area (Å²) in [5.41, 5.74) is 0. The fraction of sp³-hybridized carbons (Fsp3) is 0.625. The lowest BCUT2D eigenvalue weighted by molar-refractivity contribution is 0.391. The van der Waals surface area contributed by atoms with Crippen LogP contribution >= 0.6 is 11.6 Å². The molecule has 21 heavy (non-hydrogen) atoms. The summed E-state index contributed by atoms with van der Waals surface area (Å²) in [6.45, 7) is 3.17. The smallest absolute Gasteiger partial charge is 0.178 e. The second-order valence-corrected chi connectivity index (χ2v) is 8.36. The van der Waals surface area contributed by atoms with Crippen LogP contribution in [0.15, 0.2) is 29.2 Å². The molecule has 0 heterocycles. The van der Waals surface area contributed by atoms with Crippen LogP contribution in [0.1, 0.15) is 39.0 Å². The zero-order chi connectivity index (χ0) is 15.3. The maximum Gasteiger partial charge on any atom is 0.178 e. The lowest BCUT2D eigenvalue weighted by Crippen LogP contribution is -2.33. The van der Waals surface area contributed by atoms with Gasteiger partial charge in [0.2, 0.25) is 0 Å². The van der Waals surface area contributed by atoms with Crippen molar-refractivity contribution in [2.75, 3.05) is 12.3 Å². The monoisotopic (exact) mass is 329 g/mol. The molecule has 0 saturated heterocycles. The zero-order valence-electron chi connectivity index (χ0n) is 12.5. The number of nitrogens with one attached hydrogen (secondary N) is 1. The van der Waals surface area contributed by atoms with E-state index in [9.17, 15) is 8.42 Å². The summed E-state index contributed by atoms with van der Waals surface area (Å²) in [7, 11) is -3.23. The number of rotatable bonds is 7. The SMILES string of the molecule is CCCNC1CCCC1CCS(=O)(=O)c1cccc(Cl)c1. The van der Waals surface area contributed by atoms with Crippen molar-refractivity contribution in [3.63, 3.8) is 0 Å². The van der Waals surface area contributed by atoms with Crippen molar-refractivity contribution in [3.8, 4) is 0 Å². The van der Waals surface area contributed by atoms with Gasteiger partial charge in [0.05, 0.1) is 10.6 Å². The van der Waals surface area contributed by atoms with Crippen molar-refractivity contribution in [1.82, 2.24) is 5.32 Å². The molecule has 1 aliphatic carbocycles. The third kappa shape index (κ3) is 4.70. The quantitative estimate of drug-likeness (QED) is 0.830. The van der Waals surface area contributed by atoms with Crippen LogP contribution in [0, 0.1) is 5.92 Å². The first-order chi connectivity index (χ1) is 10.0. The van der Waals surface area contributed by atoms with Gasteiger partial charge in [-0.25, -0.2) is 8.42 Å². The highest BCUT2D eigenvalue weighted by Crippen LogP contribution is 2.29. The van der Waals surface area contributed by atoms with Crippen LogP contribution in [-0.4, -0.2) is 26.8 Å². The van der Waals surface area contributed by atoms with E-state index in [0.717, 1.165) is 25.8 Å². The van der Waals surface area contributed by atoms with Gasteiger partial charge in [0.25, 0.3) is 0 Å². The Balaban J connectivity index is 1.95. The van der Waals surface area contributed by atoms with Gasteiger partial charge in [0.15, 0.2) is 9.84 Å². The third-order valence-corrected chi connectivity index (χ3v) is 6.21. The van der Waals surface area contributed by atoms with Crippen molar-refractivity contribution < 1.29 is 8.42 Å². The minimum absolute atomic E-state index is 0.211. The largest absolute Gasteiger partial charge is 0.314 e.